The molecule has 1 fully saturated rings. The molecular weight excluding hydrogens is 160 g/mol. The average Bonchev–Trinajstić information content (AvgIpc) is 2.53. The van der Waals surface area contributed by atoms with Crippen LogP contribution in [0.3, 0.4) is 0 Å². The third-order valence-corrected chi connectivity index (χ3v) is 2.83. The van der Waals surface area contributed by atoms with Crippen molar-refractivity contribution >= 4 is 0 Å². The Labute approximate surface area is 81.8 Å². The topological polar surface area (TPSA) is 29.3 Å². The van der Waals surface area contributed by atoms with Crippen LogP contribution in [0.2, 0.25) is 0 Å². The fourth-order valence-corrected chi connectivity index (χ4v) is 2.14. The van der Waals surface area contributed by atoms with Crippen molar-refractivity contribution in [2.45, 2.75) is 32.7 Å². The molecule has 0 aromatic heterocycles. The van der Waals surface area contributed by atoms with Crippen molar-refractivity contribution < 1.29 is 0 Å². The standard InChI is InChI=1S/C11H22N2/c1-10(2)11-6-5-9-13(11)8-4-3-7-12/h3-4,10-11H,5-9,12H2,1-2H3. The van der Waals surface area contributed by atoms with Gasteiger partial charge in [0.15, 0.2) is 0 Å². The smallest absolute Gasteiger partial charge is 0.0166 e. The Bertz CT molecular complexity index is 163. The van der Waals surface area contributed by atoms with E-state index >= 15 is 0 Å². The lowest BCUT2D eigenvalue weighted by Gasteiger charge is -2.26. The van der Waals surface area contributed by atoms with Gasteiger partial charge in [0, 0.05) is 19.1 Å². The van der Waals surface area contributed by atoms with Crippen LogP contribution in [0.1, 0.15) is 26.7 Å². The van der Waals surface area contributed by atoms with Crippen LogP contribution in [-0.4, -0.2) is 30.6 Å². The highest BCUT2D eigenvalue weighted by atomic mass is 15.2. The quantitative estimate of drug-likeness (QED) is 0.669. The molecule has 1 atom stereocenters. The Morgan fingerprint density at radius 1 is 1.46 bits per heavy atom. The molecule has 0 aromatic carbocycles. The third kappa shape index (κ3) is 3.12. The first-order valence-corrected chi connectivity index (χ1v) is 5.35. The van der Waals surface area contributed by atoms with E-state index in [1.807, 2.05) is 0 Å². The SMILES string of the molecule is CC(C)C1CCCN1CC=CCN. The summed E-state index contributed by atoms with van der Waals surface area (Å²) in [5, 5.41) is 0. The molecule has 1 heterocycles. The van der Waals surface area contributed by atoms with Crippen LogP contribution in [0, 0.1) is 5.92 Å². The predicted molar refractivity (Wildman–Crippen MR) is 57.6 cm³/mol. The Morgan fingerprint density at radius 2 is 2.23 bits per heavy atom. The molecule has 2 nitrogen and oxygen atoms in total. The Morgan fingerprint density at radius 3 is 2.85 bits per heavy atom. The van der Waals surface area contributed by atoms with E-state index in [-0.39, 0.29) is 0 Å². The highest BCUT2D eigenvalue weighted by Crippen LogP contribution is 2.22. The summed E-state index contributed by atoms with van der Waals surface area (Å²) < 4.78 is 0. The van der Waals surface area contributed by atoms with Crippen molar-refractivity contribution in [3.05, 3.63) is 12.2 Å². The second kappa shape index (κ2) is 5.40. The molecular formula is C11H22N2. The summed E-state index contributed by atoms with van der Waals surface area (Å²) in [7, 11) is 0. The molecule has 2 heteroatoms. The van der Waals surface area contributed by atoms with Gasteiger partial charge in [0.25, 0.3) is 0 Å². The monoisotopic (exact) mass is 182 g/mol. The number of nitrogens with zero attached hydrogens (tertiary/aromatic N) is 1. The minimum Gasteiger partial charge on any atom is -0.327 e. The van der Waals surface area contributed by atoms with E-state index in [9.17, 15) is 0 Å². The molecule has 0 aromatic rings. The van der Waals surface area contributed by atoms with Crippen LogP contribution in [0.5, 0.6) is 0 Å². The Kier molecular flexibility index (Phi) is 4.46. The van der Waals surface area contributed by atoms with Crippen LogP contribution >= 0.6 is 0 Å². The van der Waals surface area contributed by atoms with E-state index in [1.54, 1.807) is 0 Å². The zero-order valence-corrected chi connectivity index (χ0v) is 8.87. The second-order valence-electron chi connectivity index (χ2n) is 4.16. The Hall–Kier alpha value is -0.340. The van der Waals surface area contributed by atoms with Crippen LogP contribution in [-0.2, 0) is 0 Å². The minimum atomic E-state index is 0.667. The lowest BCUT2D eigenvalue weighted by Crippen LogP contribution is -2.33. The van der Waals surface area contributed by atoms with Gasteiger partial charge in [-0.05, 0) is 25.3 Å². The number of hydrogen-bond acceptors (Lipinski definition) is 2. The lowest BCUT2D eigenvalue weighted by atomic mass is 10.0. The molecule has 0 amide bonds. The molecule has 1 saturated heterocycles. The summed E-state index contributed by atoms with van der Waals surface area (Å²) in [6.45, 7) is 7.64. The zero-order chi connectivity index (χ0) is 9.68. The summed E-state index contributed by atoms with van der Waals surface area (Å²) in [4.78, 5) is 2.57. The first-order chi connectivity index (χ1) is 6.25. The largest absolute Gasteiger partial charge is 0.327 e. The molecule has 1 aliphatic rings. The maximum Gasteiger partial charge on any atom is 0.0166 e. The second-order valence-corrected chi connectivity index (χ2v) is 4.16. The molecule has 1 unspecified atom stereocenters. The normalized spacial score (nSPS) is 25.1. The first kappa shape index (κ1) is 10.7. The first-order valence-electron chi connectivity index (χ1n) is 5.35. The predicted octanol–water partition coefficient (Wildman–Crippen LogP) is 1.62. The molecule has 0 bridgehead atoms. The van der Waals surface area contributed by atoms with Crippen molar-refractivity contribution in [3.63, 3.8) is 0 Å². The minimum absolute atomic E-state index is 0.667. The Balaban J connectivity index is 2.35. The van der Waals surface area contributed by atoms with Crippen molar-refractivity contribution in [1.29, 1.82) is 0 Å². The van der Waals surface area contributed by atoms with Crippen molar-refractivity contribution in [2.24, 2.45) is 11.7 Å². The fourth-order valence-electron chi connectivity index (χ4n) is 2.14. The maximum absolute atomic E-state index is 5.40. The van der Waals surface area contributed by atoms with Gasteiger partial charge in [-0.2, -0.15) is 0 Å². The lowest BCUT2D eigenvalue weighted by molar-refractivity contribution is 0.227. The fraction of sp³-hybridized carbons (Fsp3) is 0.818. The van der Waals surface area contributed by atoms with E-state index < -0.39 is 0 Å². The highest BCUT2D eigenvalue weighted by Gasteiger charge is 2.25. The molecule has 0 aliphatic carbocycles. The zero-order valence-electron chi connectivity index (χ0n) is 8.87. The van der Waals surface area contributed by atoms with E-state index in [2.05, 4.69) is 30.9 Å². The molecule has 0 saturated carbocycles. The van der Waals surface area contributed by atoms with Crippen LogP contribution in [0.15, 0.2) is 12.2 Å². The van der Waals surface area contributed by atoms with E-state index in [4.69, 9.17) is 5.73 Å². The summed E-state index contributed by atoms with van der Waals surface area (Å²) in [5.41, 5.74) is 5.40. The number of rotatable bonds is 4. The van der Waals surface area contributed by atoms with Crippen LogP contribution < -0.4 is 5.73 Å². The summed E-state index contributed by atoms with van der Waals surface area (Å²) in [6, 6.07) is 0.794. The van der Waals surface area contributed by atoms with Crippen LogP contribution in [0.4, 0.5) is 0 Å². The molecule has 76 valence electrons. The number of likely N-dealkylation sites (tertiary alicyclic amines) is 1. The van der Waals surface area contributed by atoms with Crippen molar-refractivity contribution in [3.8, 4) is 0 Å². The van der Waals surface area contributed by atoms with E-state index in [0.717, 1.165) is 18.5 Å². The summed E-state index contributed by atoms with van der Waals surface area (Å²) >= 11 is 0. The summed E-state index contributed by atoms with van der Waals surface area (Å²) in [6.07, 6.45) is 6.98. The molecule has 2 N–H and O–H groups in total. The van der Waals surface area contributed by atoms with E-state index in [1.165, 1.54) is 19.4 Å². The summed E-state index contributed by atoms with van der Waals surface area (Å²) in [5.74, 6) is 0.786. The van der Waals surface area contributed by atoms with Gasteiger partial charge in [0.05, 0.1) is 0 Å². The van der Waals surface area contributed by atoms with Crippen molar-refractivity contribution in [2.75, 3.05) is 19.6 Å². The van der Waals surface area contributed by atoms with Gasteiger partial charge >= 0.3 is 0 Å². The molecule has 0 radical (unpaired) electrons. The van der Waals surface area contributed by atoms with Gasteiger partial charge in [-0.1, -0.05) is 26.0 Å². The van der Waals surface area contributed by atoms with Gasteiger partial charge in [0.2, 0.25) is 0 Å². The molecule has 0 spiro atoms. The van der Waals surface area contributed by atoms with E-state index in [0.29, 0.717) is 6.54 Å². The highest BCUT2D eigenvalue weighted by molar-refractivity contribution is 4.90. The number of nitrogens with two attached hydrogens (primary N) is 1. The van der Waals surface area contributed by atoms with Crippen molar-refractivity contribution in [1.82, 2.24) is 4.90 Å². The van der Waals surface area contributed by atoms with Gasteiger partial charge in [0.1, 0.15) is 0 Å². The van der Waals surface area contributed by atoms with Gasteiger partial charge in [-0.15, -0.1) is 0 Å². The maximum atomic E-state index is 5.40. The van der Waals surface area contributed by atoms with Gasteiger partial charge < -0.3 is 5.73 Å². The van der Waals surface area contributed by atoms with Crippen LogP contribution in [0.25, 0.3) is 0 Å². The third-order valence-electron chi connectivity index (χ3n) is 2.83. The van der Waals surface area contributed by atoms with Gasteiger partial charge in [-0.3, -0.25) is 4.90 Å². The molecule has 1 rings (SSSR count). The molecule has 13 heavy (non-hydrogen) atoms. The molecule has 1 aliphatic heterocycles. The van der Waals surface area contributed by atoms with Gasteiger partial charge in [-0.25, -0.2) is 0 Å². The average molecular weight is 182 g/mol. The number of hydrogen-bond donors (Lipinski definition) is 1.